The standard InChI is InChI=1S/C22H27N3.C4F6O2/c1-14-5-6-15(2)21(8-14)24-18-9-16-4-3-7-25-13-17-11-23-12-20(17)19(10-18)22(16)25;5-3(6,7)1(11)2(12)4(8,9)10/h5-6,8-10,17,20,23-24H,3-4,7,11-13H2,1-2H3;/t17-,20-;/m1./s1. The summed E-state index contributed by atoms with van der Waals surface area (Å²) in [6, 6.07) is 11.5. The minimum atomic E-state index is -5.77. The molecular weight excluding hydrogens is 500 g/mol. The first-order valence-electron chi connectivity index (χ1n) is 11.9. The van der Waals surface area contributed by atoms with Gasteiger partial charge in [-0.2, -0.15) is 26.3 Å². The molecule has 3 aliphatic rings. The summed E-state index contributed by atoms with van der Waals surface area (Å²) >= 11 is 0. The van der Waals surface area contributed by atoms with E-state index in [1.807, 2.05) is 0 Å². The van der Waals surface area contributed by atoms with Crippen LogP contribution >= 0.6 is 0 Å². The van der Waals surface area contributed by atoms with Gasteiger partial charge >= 0.3 is 23.9 Å². The van der Waals surface area contributed by atoms with Gasteiger partial charge in [0.2, 0.25) is 0 Å². The summed E-state index contributed by atoms with van der Waals surface area (Å²) in [6.45, 7) is 9.12. The third-order valence-electron chi connectivity index (χ3n) is 7.00. The van der Waals surface area contributed by atoms with Crippen LogP contribution in [0.4, 0.5) is 43.4 Å². The molecule has 2 atom stereocenters. The zero-order valence-electron chi connectivity index (χ0n) is 20.3. The molecule has 3 heterocycles. The Morgan fingerprint density at radius 2 is 1.65 bits per heavy atom. The molecule has 2 N–H and O–H groups in total. The van der Waals surface area contributed by atoms with Gasteiger partial charge in [-0.15, -0.1) is 0 Å². The summed E-state index contributed by atoms with van der Waals surface area (Å²) in [6.07, 6.45) is -9.05. The number of hydrogen-bond acceptors (Lipinski definition) is 5. The summed E-state index contributed by atoms with van der Waals surface area (Å²) in [7, 11) is 0. The van der Waals surface area contributed by atoms with Crippen LogP contribution in [0.15, 0.2) is 30.3 Å². The smallest absolute Gasteiger partial charge is 0.371 e. The molecule has 0 aliphatic carbocycles. The molecule has 0 radical (unpaired) electrons. The van der Waals surface area contributed by atoms with E-state index >= 15 is 0 Å². The Balaban J connectivity index is 0.000000229. The van der Waals surface area contributed by atoms with Crippen LogP contribution in [0.5, 0.6) is 0 Å². The number of halogens is 6. The molecule has 2 aromatic rings. The van der Waals surface area contributed by atoms with Crippen molar-refractivity contribution in [1.82, 2.24) is 5.32 Å². The van der Waals surface area contributed by atoms with Gasteiger partial charge in [0, 0.05) is 49.2 Å². The molecule has 1 saturated heterocycles. The molecule has 0 saturated carbocycles. The van der Waals surface area contributed by atoms with Gasteiger partial charge in [0.05, 0.1) is 0 Å². The molecule has 3 aliphatic heterocycles. The number of carbonyl (C=O) groups is 2. The van der Waals surface area contributed by atoms with Gasteiger partial charge in [0.25, 0.3) is 0 Å². The summed E-state index contributed by atoms with van der Waals surface area (Å²) in [5, 5.41) is 7.35. The third kappa shape index (κ3) is 5.76. The number of rotatable bonds is 3. The average Bonchev–Trinajstić information content (AvgIpc) is 3.29. The van der Waals surface area contributed by atoms with E-state index in [2.05, 4.69) is 59.7 Å². The maximum atomic E-state index is 11.2. The largest absolute Gasteiger partial charge is 0.458 e. The van der Waals surface area contributed by atoms with E-state index in [0.717, 1.165) is 12.5 Å². The molecule has 0 amide bonds. The SMILES string of the molecule is Cc1ccc(C)c(Nc2cc3c4c(c2)[C@@H]2CNC[C@@H]2CN4CCC3)c1.O=C(C(=O)C(F)(F)F)C(F)(F)F. The minimum absolute atomic E-state index is 0.684. The van der Waals surface area contributed by atoms with Crippen LogP contribution in [0, 0.1) is 19.8 Å². The number of benzene rings is 2. The molecule has 5 nitrogen and oxygen atoms in total. The number of aryl methyl sites for hydroxylation is 3. The number of anilines is 3. The van der Waals surface area contributed by atoms with Gasteiger partial charge in [-0.05, 0) is 73.1 Å². The second-order valence-electron chi connectivity index (χ2n) is 9.74. The highest BCUT2D eigenvalue weighted by Gasteiger charge is 2.54. The Kier molecular flexibility index (Phi) is 7.29. The number of nitrogens with zero attached hydrogens (tertiary/aromatic N) is 1. The summed E-state index contributed by atoms with van der Waals surface area (Å²) in [5.41, 5.74) is 9.78. The minimum Gasteiger partial charge on any atom is -0.371 e. The van der Waals surface area contributed by atoms with Gasteiger partial charge in [-0.3, -0.25) is 9.59 Å². The van der Waals surface area contributed by atoms with Gasteiger partial charge in [0.1, 0.15) is 0 Å². The molecule has 5 rings (SSSR count). The topological polar surface area (TPSA) is 61.4 Å². The van der Waals surface area contributed by atoms with Crippen molar-refractivity contribution >= 4 is 28.6 Å². The summed E-state index contributed by atoms with van der Waals surface area (Å²) < 4.78 is 67.0. The molecule has 2 aromatic carbocycles. The van der Waals surface area contributed by atoms with Crippen molar-refractivity contribution in [3.05, 3.63) is 52.6 Å². The summed E-state index contributed by atoms with van der Waals surface area (Å²) in [4.78, 5) is 21.9. The average molecular weight is 528 g/mol. The predicted octanol–water partition coefficient (Wildman–Crippen LogP) is 5.37. The van der Waals surface area contributed by atoms with Gasteiger partial charge in [0.15, 0.2) is 0 Å². The Bertz CT molecular complexity index is 1180. The van der Waals surface area contributed by atoms with Gasteiger partial charge < -0.3 is 15.5 Å². The van der Waals surface area contributed by atoms with Crippen molar-refractivity contribution in [3.8, 4) is 0 Å². The van der Waals surface area contributed by atoms with E-state index in [1.165, 1.54) is 55.0 Å². The molecule has 37 heavy (non-hydrogen) atoms. The molecule has 1 fully saturated rings. The van der Waals surface area contributed by atoms with Crippen molar-refractivity contribution in [3.63, 3.8) is 0 Å². The van der Waals surface area contributed by atoms with Crippen molar-refractivity contribution in [1.29, 1.82) is 0 Å². The molecular formula is C26H27F6N3O2. The molecule has 0 spiro atoms. The first-order chi connectivity index (χ1) is 17.3. The Morgan fingerprint density at radius 1 is 0.973 bits per heavy atom. The number of carbonyl (C=O) groups excluding carboxylic acids is 2. The predicted molar refractivity (Wildman–Crippen MR) is 127 cm³/mol. The second-order valence-corrected chi connectivity index (χ2v) is 9.74. The van der Waals surface area contributed by atoms with Crippen molar-refractivity contribution in [2.24, 2.45) is 5.92 Å². The molecule has 0 aromatic heterocycles. The van der Waals surface area contributed by atoms with Gasteiger partial charge in [-0.1, -0.05) is 12.1 Å². The fourth-order valence-electron chi connectivity index (χ4n) is 5.26. The maximum absolute atomic E-state index is 11.2. The Morgan fingerprint density at radius 3 is 2.30 bits per heavy atom. The highest BCUT2D eigenvalue weighted by atomic mass is 19.4. The van der Waals surface area contributed by atoms with E-state index in [9.17, 15) is 35.9 Å². The number of hydrogen-bond donors (Lipinski definition) is 2. The second kappa shape index (κ2) is 10.00. The van der Waals surface area contributed by atoms with E-state index in [1.54, 1.807) is 16.8 Å². The van der Waals surface area contributed by atoms with E-state index in [4.69, 9.17) is 0 Å². The lowest BCUT2D eigenvalue weighted by atomic mass is 9.80. The normalized spacial score (nSPS) is 20.4. The molecule has 11 heteroatoms. The highest BCUT2D eigenvalue weighted by Crippen LogP contribution is 2.46. The first kappa shape index (κ1) is 27.0. The first-order valence-corrected chi connectivity index (χ1v) is 11.9. The number of Topliss-reactive ketones (excluding diaryl/α,β-unsaturated/α-hetero) is 2. The number of fused-ring (bicyclic) bond motifs is 2. The Hall–Kier alpha value is -3.08. The number of ketones is 2. The van der Waals surface area contributed by atoms with Crippen LogP contribution < -0.4 is 15.5 Å². The fraction of sp³-hybridized carbons (Fsp3) is 0.462. The van der Waals surface area contributed by atoms with E-state index in [-0.39, 0.29) is 0 Å². The van der Waals surface area contributed by atoms with Crippen LogP contribution in [0.2, 0.25) is 0 Å². The van der Waals surface area contributed by atoms with Crippen LogP contribution in [-0.2, 0) is 16.0 Å². The van der Waals surface area contributed by atoms with Crippen LogP contribution in [0.1, 0.15) is 34.6 Å². The van der Waals surface area contributed by atoms with Crippen LogP contribution in [0.3, 0.4) is 0 Å². The summed E-state index contributed by atoms with van der Waals surface area (Å²) in [5.74, 6) is -5.36. The lowest BCUT2D eigenvalue weighted by molar-refractivity contribution is -0.193. The Labute approximate surface area is 210 Å². The molecule has 200 valence electrons. The lowest BCUT2D eigenvalue weighted by Crippen LogP contribution is -2.41. The third-order valence-corrected chi connectivity index (χ3v) is 7.00. The zero-order valence-corrected chi connectivity index (χ0v) is 20.3. The van der Waals surface area contributed by atoms with E-state index < -0.39 is 23.9 Å². The lowest BCUT2D eigenvalue weighted by Gasteiger charge is -2.42. The van der Waals surface area contributed by atoms with Crippen molar-refractivity contribution < 1.29 is 35.9 Å². The maximum Gasteiger partial charge on any atom is 0.458 e. The highest BCUT2D eigenvalue weighted by molar-refractivity contribution is 6.41. The fourth-order valence-corrected chi connectivity index (χ4v) is 5.26. The number of alkyl halides is 6. The number of nitrogens with one attached hydrogen (secondary N) is 2. The van der Waals surface area contributed by atoms with Gasteiger partial charge in [-0.25, -0.2) is 0 Å². The van der Waals surface area contributed by atoms with Crippen molar-refractivity contribution in [2.45, 2.75) is 45.0 Å². The zero-order chi connectivity index (χ0) is 27.1. The van der Waals surface area contributed by atoms with Crippen molar-refractivity contribution in [2.75, 3.05) is 36.4 Å². The molecule has 0 unspecified atom stereocenters. The monoisotopic (exact) mass is 527 g/mol. The molecule has 0 bridgehead atoms. The van der Waals surface area contributed by atoms with Crippen LogP contribution in [0.25, 0.3) is 0 Å². The quantitative estimate of drug-likeness (QED) is 0.416. The van der Waals surface area contributed by atoms with E-state index in [0.29, 0.717) is 5.92 Å². The van der Waals surface area contributed by atoms with Crippen LogP contribution in [-0.4, -0.2) is 50.1 Å².